The Kier molecular flexibility index (Phi) is 5.25. The Bertz CT molecular complexity index is 907. The summed E-state index contributed by atoms with van der Waals surface area (Å²) in [4.78, 5) is 26.8. The Morgan fingerprint density at radius 2 is 2.11 bits per heavy atom. The molecule has 1 atom stereocenters. The monoisotopic (exact) mass is 380 g/mol. The van der Waals surface area contributed by atoms with Crippen molar-refractivity contribution in [2.45, 2.75) is 26.7 Å². The van der Waals surface area contributed by atoms with Crippen molar-refractivity contribution in [3.8, 4) is 12.1 Å². The topological polar surface area (TPSA) is 97.0 Å². The number of nitrogens with one attached hydrogen (secondary N) is 1. The number of aryl methyl sites for hydroxylation is 1. The zero-order chi connectivity index (χ0) is 19.6. The van der Waals surface area contributed by atoms with Gasteiger partial charge in [-0.1, -0.05) is 43.8 Å². The fourth-order valence-electron chi connectivity index (χ4n) is 3.54. The van der Waals surface area contributed by atoms with Crippen LogP contribution in [0.3, 0.4) is 0 Å². The van der Waals surface area contributed by atoms with Crippen LogP contribution in [0.5, 0.6) is 0 Å². The lowest BCUT2D eigenvalue weighted by Crippen LogP contribution is -2.45. The number of nitriles is 2. The van der Waals surface area contributed by atoms with E-state index in [2.05, 4.69) is 11.4 Å². The number of carbonyl (C=O) groups is 2. The summed E-state index contributed by atoms with van der Waals surface area (Å²) in [7, 11) is 0. The second kappa shape index (κ2) is 7.46. The highest BCUT2D eigenvalue weighted by Crippen LogP contribution is 2.42. The molecule has 0 aromatic heterocycles. The number of amides is 2. The quantitative estimate of drug-likeness (QED) is 0.870. The summed E-state index contributed by atoms with van der Waals surface area (Å²) >= 11 is 1.15. The van der Waals surface area contributed by atoms with E-state index in [1.165, 1.54) is 0 Å². The summed E-state index contributed by atoms with van der Waals surface area (Å²) in [6.07, 6.45) is 1.86. The molecule has 3 rings (SSSR count). The van der Waals surface area contributed by atoms with Crippen molar-refractivity contribution >= 4 is 29.3 Å². The van der Waals surface area contributed by atoms with E-state index >= 15 is 0 Å². The highest BCUT2D eigenvalue weighted by Gasteiger charge is 2.44. The molecule has 7 heteroatoms. The predicted octanol–water partition coefficient (Wildman–Crippen LogP) is 2.73. The van der Waals surface area contributed by atoms with Crippen LogP contribution in [-0.2, 0) is 16.0 Å². The minimum Gasteiger partial charge on any atom is -0.319 e. The number of benzene rings is 1. The van der Waals surface area contributed by atoms with E-state index < -0.39 is 17.2 Å². The van der Waals surface area contributed by atoms with Gasteiger partial charge in [0.15, 0.2) is 0 Å². The van der Waals surface area contributed by atoms with Gasteiger partial charge in [-0.2, -0.15) is 10.5 Å². The number of anilines is 1. The number of hydrogen-bond acceptors (Lipinski definition) is 5. The molecular weight excluding hydrogens is 360 g/mol. The molecule has 1 aromatic carbocycles. The van der Waals surface area contributed by atoms with Gasteiger partial charge < -0.3 is 10.2 Å². The molecule has 2 aliphatic rings. The molecule has 0 unspecified atom stereocenters. The number of hydrogen-bond donors (Lipinski definition) is 1. The molecule has 0 radical (unpaired) electrons. The van der Waals surface area contributed by atoms with Crippen LogP contribution in [0, 0.1) is 34.0 Å². The van der Waals surface area contributed by atoms with Crippen molar-refractivity contribution in [3.63, 3.8) is 0 Å². The van der Waals surface area contributed by atoms with Gasteiger partial charge in [0.05, 0.1) is 28.5 Å². The molecule has 0 spiro atoms. The third kappa shape index (κ3) is 3.43. The van der Waals surface area contributed by atoms with E-state index in [-0.39, 0.29) is 11.7 Å². The molecule has 0 bridgehead atoms. The first kappa shape index (κ1) is 19.0. The largest absolute Gasteiger partial charge is 0.319 e. The van der Waals surface area contributed by atoms with E-state index in [0.717, 1.165) is 35.9 Å². The maximum atomic E-state index is 12.8. The van der Waals surface area contributed by atoms with Crippen molar-refractivity contribution in [3.05, 3.63) is 40.4 Å². The van der Waals surface area contributed by atoms with Crippen LogP contribution >= 0.6 is 11.8 Å². The maximum absolute atomic E-state index is 12.8. The lowest BCUT2D eigenvalue weighted by molar-refractivity contribution is -0.125. The molecule has 1 aromatic rings. The van der Waals surface area contributed by atoms with Crippen LogP contribution in [0.15, 0.2) is 34.9 Å². The van der Waals surface area contributed by atoms with Crippen LogP contribution in [0.4, 0.5) is 5.69 Å². The standard InChI is InChI=1S/C20H20N4O2S/c1-20(2)14(10-21)18(26)23-19(15(20)11-22)27-12-17(25)24-9-5-7-13-6-3-4-8-16(13)24/h3-4,6,8,14H,5,7,9,12H2,1-2H3,(H,23,26)/t14-/m0/s1. The molecule has 0 aliphatic carbocycles. The van der Waals surface area contributed by atoms with Crippen LogP contribution in [-0.4, -0.2) is 24.1 Å². The van der Waals surface area contributed by atoms with Crippen molar-refractivity contribution in [1.29, 1.82) is 10.5 Å². The van der Waals surface area contributed by atoms with Crippen molar-refractivity contribution in [2.75, 3.05) is 17.2 Å². The van der Waals surface area contributed by atoms with Crippen LogP contribution in [0.2, 0.25) is 0 Å². The fraction of sp³-hybridized carbons (Fsp3) is 0.400. The van der Waals surface area contributed by atoms with Gasteiger partial charge in [0.25, 0.3) is 0 Å². The summed E-state index contributed by atoms with van der Waals surface area (Å²) < 4.78 is 0. The average molecular weight is 380 g/mol. The van der Waals surface area contributed by atoms with Gasteiger partial charge in [0, 0.05) is 17.6 Å². The minimum atomic E-state index is -0.929. The van der Waals surface area contributed by atoms with Crippen LogP contribution in [0.25, 0.3) is 0 Å². The van der Waals surface area contributed by atoms with Gasteiger partial charge in [-0.05, 0) is 24.5 Å². The highest BCUT2D eigenvalue weighted by molar-refractivity contribution is 8.03. The Balaban J connectivity index is 1.80. The molecule has 2 aliphatic heterocycles. The number of fused-ring (bicyclic) bond motifs is 1. The number of thioether (sulfide) groups is 1. The van der Waals surface area contributed by atoms with E-state index in [9.17, 15) is 20.1 Å². The smallest absolute Gasteiger partial charge is 0.243 e. The third-order valence-electron chi connectivity index (χ3n) is 5.08. The van der Waals surface area contributed by atoms with E-state index in [1.807, 2.05) is 30.3 Å². The number of rotatable bonds is 3. The van der Waals surface area contributed by atoms with Gasteiger partial charge in [-0.3, -0.25) is 9.59 Å². The summed E-state index contributed by atoms with van der Waals surface area (Å²) in [6, 6.07) is 12.0. The molecule has 0 saturated carbocycles. The second-order valence-corrected chi connectivity index (χ2v) is 8.14. The Morgan fingerprint density at radius 3 is 2.81 bits per heavy atom. The molecule has 6 nitrogen and oxygen atoms in total. The maximum Gasteiger partial charge on any atom is 0.243 e. The number of para-hydroxylation sites is 1. The zero-order valence-corrected chi connectivity index (χ0v) is 16.1. The Hall–Kier alpha value is -2.77. The summed E-state index contributed by atoms with van der Waals surface area (Å²) in [5, 5.41) is 21.8. The van der Waals surface area contributed by atoms with Crippen LogP contribution < -0.4 is 10.2 Å². The molecule has 2 amide bonds. The summed E-state index contributed by atoms with van der Waals surface area (Å²) in [6.45, 7) is 4.08. The van der Waals surface area contributed by atoms with Gasteiger partial charge >= 0.3 is 0 Å². The molecular formula is C20H20N4O2S. The van der Waals surface area contributed by atoms with Gasteiger partial charge in [-0.25, -0.2) is 0 Å². The molecule has 1 N–H and O–H groups in total. The fourth-order valence-corrected chi connectivity index (χ4v) is 4.59. The predicted molar refractivity (Wildman–Crippen MR) is 103 cm³/mol. The van der Waals surface area contributed by atoms with E-state index in [4.69, 9.17) is 0 Å². The molecule has 2 heterocycles. The first-order valence-electron chi connectivity index (χ1n) is 8.76. The van der Waals surface area contributed by atoms with E-state index in [1.54, 1.807) is 18.7 Å². The van der Waals surface area contributed by atoms with Crippen molar-refractivity contribution in [1.82, 2.24) is 5.32 Å². The first-order valence-corrected chi connectivity index (χ1v) is 9.75. The molecule has 138 valence electrons. The summed E-state index contributed by atoms with van der Waals surface area (Å²) in [5.41, 5.74) is 1.53. The van der Waals surface area contributed by atoms with Gasteiger partial charge in [-0.15, -0.1) is 0 Å². The van der Waals surface area contributed by atoms with Gasteiger partial charge in [0.2, 0.25) is 11.8 Å². The molecule has 0 saturated heterocycles. The minimum absolute atomic E-state index is 0.0635. The molecule has 0 fully saturated rings. The van der Waals surface area contributed by atoms with Crippen molar-refractivity contribution in [2.24, 2.45) is 11.3 Å². The number of allylic oxidation sites excluding steroid dienone is 1. The van der Waals surface area contributed by atoms with Crippen LogP contribution in [0.1, 0.15) is 25.8 Å². The second-order valence-electron chi connectivity index (χ2n) is 7.16. The van der Waals surface area contributed by atoms with E-state index in [0.29, 0.717) is 17.1 Å². The normalized spacial score (nSPS) is 21.0. The SMILES string of the molecule is CC1(C)C(C#N)=C(SCC(=O)N2CCCc3ccccc32)NC(=O)[C@@H]1C#N. The Morgan fingerprint density at radius 1 is 1.37 bits per heavy atom. The first-order chi connectivity index (χ1) is 12.9. The lowest BCUT2D eigenvalue weighted by Gasteiger charge is -2.35. The van der Waals surface area contributed by atoms with Crippen molar-refractivity contribution < 1.29 is 9.59 Å². The van der Waals surface area contributed by atoms with Gasteiger partial charge in [0.1, 0.15) is 5.92 Å². The third-order valence-corrected chi connectivity index (χ3v) is 6.07. The molecule has 27 heavy (non-hydrogen) atoms. The number of carbonyl (C=O) groups excluding carboxylic acids is 2. The summed E-state index contributed by atoms with van der Waals surface area (Å²) in [5.74, 6) is -1.31. The lowest BCUT2D eigenvalue weighted by atomic mass is 9.72. The Labute approximate surface area is 162 Å². The highest BCUT2D eigenvalue weighted by atomic mass is 32.2. The number of nitrogens with zero attached hydrogens (tertiary/aromatic N) is 3. The zero-order valence-electron chi connectivity index (χ0n) is 15.3. The average Bonchev–Trinajstić information content (AvgIpc) is 2.65.